The highest BCUT2D eigenvalue weighted by molar-refractivity contribution is 7.99. The molecule has 19 heavy (non-hydrogen) atoms. The van der Waals surface area contributed by atoms with Crippen molar-refractivity contribution in [3.8, 4) is 0 Å². The summed E-state index contributed by atoms with van der Waals surface area (Å²) in [5.41, 5.74) is 7.27. The lowest BCUT2D eigenvalue weighted by atomic mass is 10.3. The Kier molecular flexibility index (Phi) is 3.26. The monoisotopic (exact) mass is 310 g/mol. The highest BCUT2D eigenvalue weighted by Gasteiger charge is 2.11. The van der Waals surface area contributed by atoms with Gasteiger partial charge >= 0.3 is 0 Å². The summed E-state index contributed by atoms with van der Waals surface area (Å²) in [7, 11) is 0. The van der Waals surface area contributed by atoms with Gasteiger partial charge in [-0.15, -0.1) is 10.2 Å². The fourth-order valence-corrected chi connectivity index (χ4v) is 2.90. The SMILES string of the molecule is Nc1cc(Cl)c(Cl)cc1Sc1nnc2ccccn12. The Morgan fingerprint density at radius 2 is 1.89 bits per heavy atom. The normalized spacial score (nSPS) is 11.1. The van der Waals surface area contributed by atoms with Gasteiger partial charge in [-0.2, -0.15) is 0 Å². The van der Waals surface area contributed by atoms with Crippen LogP contribution in [0.15, 0.2) is 46.6 Å². The smallest absolute Gasteiger partial charge is 0.200 e. The number of benzene rings is 1. The van der Waals surface area contributed by atoms with Crippen molar-refractivity contribution >= 4 is 46.3 Å². The van der Waals surface area contributed by atoms with E-state index < -0.39 is 0 Å². The van der Waals surface area contributed by atoms with Crippen molar-refractivity contribution in [1.82, 2.24) is 14.6 Å². The van der Waals surface area contributed by atoms with E-state index in [1.807, 2.05) is 28.8 Å². The molecule has 3 rings (SSSR count). The number of aromatic nitrogens is 3. The molecule has 0 aliphatic rings. The molecule has 2 heterocycles. The van der Waals surface area contributed by atoms with Crippen molar-refractivity contribution in [2.75, 3.05) is 5.73 Å². The number of fused-ring (bicyclic) bond motifs is 1. The number of anilines is 1. The Morgan fingerprint density at radius 1 is 1.11 bits per heavy atom. The van der Waals surface area contributed by atoms with E-state index in [1.165, 1.54) is 11.8 Å². The quantitative estimate of drug-likeness (QED) is 0.732. The summed E-state index contributed by atoms with van der Waals surface area (Å²) >= 11 is 13.3. The fourth-order valence-electron chi connectivity index (χ4n) is 1.62. The van der Waals surface area contributed by atoms with Crippen LogP contribution in [0.1, 0.15) is 0 Å². The summed E-state index contributed by atoms with van der Waals surface area (Å²) in [6.45, 7) is 0. The van der Waals surface area contributed by atoms with Gasteiger partial charge in [0.2, 0.25) is 5.16 Å². The van der Waals surface area contributed by atoms with E-state index in [4.69, 9.17) is 28.9 Å². The highest BCUT2D eigenvalue weighted by atomic mass is 35.5. The molecule has 2 N–H and O–H groups in total. The van der Waals surface area contributed by atoms with Crippen molar-refractivity contribution in [3.05, 3.63) is 46.6 Å². The van der Waals surface area contributed by atoms with Gasteiger partial charge in [0, 0.05) is 16.8 Å². The lowest BCUT2D eigenvalue weighted by Gasteiger charge is -2.06. The maximum Gasteiger partial charge on any atom is 0.200 e. The van der Waals surface area contributed by atoms with Crippen LogP contribution in [0.4, 0.5) is 5.69 Å². The molecule has 7 heteroatoms. The highest BCUT2D eigenvalue weighted by Crippen LogP contribution is 2.36. The van der Waals surface area contributed by atoms with Gasteiger partial charge in [0.25, 0.3) is 0 Å². The number of hydrogen-bond acceptors (Lipinski definition) is 4. The molecule has 0 fully saturated rings. The summed E-state index contributed by atoms with van der Waals surface area (Å²) in [4.78, 5) is 0.799. The topological polar surface area (TPSA) is 56.2 Å². The lowest BCUT2D eigenvalue weighted by Crippen LogP contribution is -1.91. The molecule has 2 aromatic heterocycles. The first-order chi connectivity index (χ1) is 9.15. The molecule has 96 valence electrons. The Bertz CT molecular complexity index is 757. The summed E-state index contributed by atoms with van der Waals surface area (Å²) in [5, 5.41) is 9.83. The Labute approximate surface area is 123 Å². The first-order valence-corrected chi connectivity index (χ1v) is 6.94. The fraction of sp³-hybridized carbons (Fsp3) is 0. The van der Waals surface area contributed by atoms with Crippen LogP contribution < -0.4 is 5.73 Å². The van der Waals surface area contributed by atoms with Gasteiger partial charge < -0.3 is 5.73 Å². The largest absolute Gasteiger partial charge is 0.398 e. The van der Waals surface area contributed by atoms with Gasteiger partial charge in [0.1, 0.15) is 0 Å². The minimum atomic E-state index is 0.439. The third-order valence-corrected chi connectivity index (χ3v) is 4.29. The molecule has 0 spiro atoms. The van der Waals surface area contributed by atoms with Crippen LogP contribution in [0.5, 0.6) is 0 Å². The summed E-state index contributed by atoms with van der Waals surface area (Å²) in [6, 6.07) is 9.07. The molecule has 0 radical (unpaired) electrons. The van der Waals surface area contributed by atoms with E-state index in [9.17, 15) is 0 Å². The Hall–Kier alpha value is -1.43. The van der Waals surface area contributed by atoms with E-state index >= 15 is 0 Å². The van der Waals surface area contributed by atoms with Gasteiger partial charge in [0.15, 0.2) is 5.65 Å². The first kappa shape index (κ1) is 12.6. The van der Waals surface area contributed by atoms with Crippen LogP contribution in [0, 0.1) is 0 Å². The molecule has 1 aromatic carbocycles. The molecule has 0 amide bonds. The molecule has 0 aliphatic carbocycles. The van der Waals surface area contributed by atoms with Gasteiger partial charge in [0.05, 0.1) is 10.0 Å². The number of hydrogen-bond donors (Lipinski definition) is 1. The molecule has 0 aliphatic heterocycles. The minimum Gasteiger partial charge on any atom is -0.398 e. The number of nitrogen functional groups attached to an aromatic ring is 1. The second-order valence-corrected chi connectivity index (χ2v) is 5.64. The number of rotatable bonds is 2. The predicted molar refractivity (Wildman–Crippen MR) is 78.0 cm³/mol. The minimum absolute atomic E-state index is 0.439. The van der Waals surface area contributed by atoms with Crippen molar-refractivity contribution in [2.24, 2.45) is 0 Å². The molecular formula is C12H8Cl2N4S. The summed E-state index contributed by atoms with van der Waals surface area (Å²) in [5.74, 6) is 0. The number of halogens is 2. The standard InChI is InChI=1S/C12H8Cl2N4S/c13-7-5-9(15)10(6-8(7)14)19-12-17-16-11-3-1-2-4-18(11)12/h1-6H,15H2. The number of pyridine rings is 1. The van der Waals surface area contributed by atoms with Crippen LogP contribution in [-0.4, -0.2) is 14.6 Å². The van der Waals surface area contributed by atoms with Crippen LogP contribution in [-0.2, 0) is 0 Å². The van der Waals surface area contributed by atoms with Crippen molar-refractivity contribution in [3.63, 3.8) is 0 Å². The van der Waals surface area contributed by atoms with Crippen molar-refractivity contribution < 1.29 is 0 Å². The van der Waals surface area contributed by atoms with Crippen LogP contribution in [0.3, 0.4) is 0 Å². The van der Waals surface area contributed by atoms with Crippen LogP contribution >= 0.6 is 35.0 Å². The summed E-state index contributed by atoms with van der Waals surface area (Å²) < 4.78 is 1.88. The van der Waals surface area contributed by atoms with Gasteiger partial charge in [-0.1, -0.05) is 29.3 Å². The maximum absolute atomic E-state index is 6.00. The second-order valence-electron chi connectivity index (χ2n) is 3.82. The lowest BCUT2D eigenvalue weighted by molar-refractivity contribution is 0.921. The zero-order chi connectivity index (χ0) is 13.4. The van der Waals surface area contributed by atoms with Crippen LogP contribution in [0.25, 0.3) is 5.65 Å². The number of nitrogens with zero attached hydrogens (tertiary/aromatic N) is 3. The third-order valence-electron chi connectivity index (χ3n) is 2.54. The molecule has 4 nitrogen and oxygen atoms in total. The zero-order valence-electron chi connectivity index (χ0n) is 9.55. The third kappa shape index (κ3) is 2.36. The van der Waals surface area contributed by atoms with Crippen molar-refractivity contribution in [1.29, 1.82) is 0 Å². The van der Waals surface area contributed by atoms with E-state index in [-0.39, 0.29) is 0 Å². The molecule has 0 bridgehead atoms. The molecular weight excluding hydrogens is 303 g/mol. The summed E-state index contributed by atoms with van der Waals surface area (Å²) in [6.07, 6.45) is 1.89. The Balaban J connectivity index is 2.04. The van der Waals surface area contributed by atoms with Gasteiger partial charge in [-0.05, 0) is 36.0 Å². The van der Waals surface area contributed by atoms with Gasteiger partial charge in [-0.3, -0.25) is 4.40 Å². The molecule has 0 atom stereocenters. The molecule has 0 saturated carbocycles. The number of nitrogens with two attached hydrogens (primary N) is 1. The first-order valence-electron chi connectivity index (χ1n) is 5.37. The molecule has 0 unspecified atom stereocenters. The molecule has 0 saturated heterocycles. The van der Waals surface area contributed by atoms with Crippen LogP contribution in [0.2, 0.25) is 10.0 Å². The van der Waals surface area contributed by atoms with E-state index in [0.29, 0.717) is 15.7 Å². The van der Waals surface area contributed by atoms with E-state index in [1.54, 1.807) is 12.1 Å². The zero-order valence-corrected chi connectivity index (χ0v) is 11.9. The average Bonchev–Trinajstić information content (AvgIpc) is 2.80. The van der Waals surface area contributed by atoms with E-state index in [2.05, 4.69) is 10.2 Å². The Morgan fingerprint density at radius 3 is 2.74 bits per heavy atom. The maximum atomic E-state index is 6.00. The van der Waals surface area contributed by atoms with E-state index in [0.717, 1.165) is 15.7 Å². The predicted octanol–water partition coefficient (Wildman–Crippen LogP) is 3.77. The second kappa shape index (κ2) is 4.92. The molecule has 3 aromatic rings. The van der Waals surface area contributed by atoms with Gasteiger partial charge in [-0.25, -0.2) is 0 Å². The average molecular weight is 311 g/mol. The van der Waals surface area contributed by atoms with Crippen molar-refractivity contribution in [2.45, 2.75) is 10.1 Å².